The Morgan fingerprint density at radius 2 is 1.70 bits per heavy atom. The summed E-state index contributed by atoms with van der Waals surface area (Å²) in [6.45, 7) is 3.92. The highest BCUT2D eigenvalue weighted by Gasteiger charge is 2.04. The first-order valence-electron chi connectivity index (χ1n) is 7.03. The topological polar surface area (TPSA) is 17.0 Å². The van der Waals surface area contributed by atoms with Crippen LogP contribution in [0.2, 0.25) is 0 Å². The molecule has 0 atom stereocenters. The van der Waals surface area contributed by atoms with Gasteiger partial charge in [0.15, 0.2) is 0 Å². The van der Waals surface area contributed by atoms with Crippen LogP contribution in [0.4, 0.5) is 0 Å². The van der Waals surface area contributed by atoms with E-state index < -0.39 is 0 Å². The van der Waals surface area contributed by atoms with E-state index in [0.717, 1.165) is 13.1 Å². The maximum absolute atomic E-state index is 3.53. The minimum Gasteiger partial charge on any atom is -0.350 e. The van der Waals surface area contributed by atoms with Gasteiger partial charge in [0.05, 0.1) is 0 Å². The van der Waals surface area contributed by atoms with Gasteiger partial charge in [0.2, 0.25) is 0 Å². The number of aromatic nitrogens is 1. The van der Waals surface area contributed by atoms with Crippen LogP contribution in [0, 0.1) is 6.92 Å². The maximum Gasteiger partial charge on any atom is 0.0481 e. The minimum absolute atomic E-state index is 0.898. The zero-order valence-electron chi connectivity index (χ0n) is 12.1. The number of rotatable bonds is 4. The van der Waals surface area contributed by atoms with E-state index in [2.05, 4.69) is 78.6 Å². The van der Waals surface area contributed by atoms with Crippen LogP contribution >= 0.6 is 0 Å². The van der Waals surface area contributed by atoms with E-state index in [9.17, 15) is 0 Å². The summed E-state index contributed by atoms with van der Waals surface area (Å²) in [4.78, 5) is 0. The summed E-state index contributed by atoms with van der Waals surface area (Å²) in [5, 5.41) is 4.87. The zero-order chi connectivity index (χ0) is 13.9. The number of hydrogen-bond acceptors (Lipinski definition) is 1. The van der Waals surface area contributed by atoms with Crippen LogP contribution in [0.1, 0.15) is 16.7 Å². The van der Waals surface area contributed by atoms with Crippen LogP contribution in [-0.2, 0) is 20.1 Å². The second kappa shape index (κ2) is 5.51. The van der Waals surface area contributed by atoms with Gasteiger partial charge in [-0.3, -0.25) is 0 Å². The highest BCUT2D eigenvalue weighted by molar-refractivity contribution is 5.83. The van der Waals surface area contributed by atoms with Crippen molar-refractivity contribution >= 4 is 10.9 Å². The number of aryl methyl sites for hydroxylation is 2. The molecule has 1 heterocycles. The Kier molecular flexibility index (Phi) is 3.57. The summed E-state index contributed by atoms with van der Waals surface area (Å²) >= 11 is 0. The summed E-state index contributed by atoms with van der Waals surface area (Å²) in [5.74, 6) is 0. The van der Waals surface area contributed by atoms with Gasteiger partial charge < -0.3 is 9.88 Å². The molecular formula is C18H20N2. The van der Waals surface area contributed by atoms with E-state index in [4.69, 9.17) is 0 Å². The molecule has 0 amide bonds. The fourth-order valence-electron chi connectivity index (χ4n) is 2.61. The number of para-hydroxylation sites is 1. The number of nitrogens with one attached hydrogen (secondary N) is 1. The number of nitrogens with zero attached hydrogens (tertiary/aromatic N) is 1. The van der Waals surface area contributed by atoms with E-state index in [-0.39, 0.29) is 0 Å². The Balaban J connectivity index is 1.70. The van der Waals surface area contributed by atoms with Gasteiger partial charge in [0.1, 0.15) is 0 Å². The van der Waals surface area contributed by atoms with Crippen molar-refractivity contribution in [1.29, 1.82) is 0 Å². The molecule has 0 radical (unpaired) electrons. The predicted molar refractivity (Wildman–Crippen MR) is 84.6 cm³/mol. The SMILES string of the molecule is Cc1ccc(CNCc2cn(C)c3ccccc23)cc1. The Labute approximate surface area is 120 Å². The fourth-order valence-corrected chi connectivity index (χ4v) is 2.61. The van der Waals surface area contributed by atoms with Crippen LogP contribution in [-0.4, -0.2) is 4.57 Å². The minimum atomic E-state index is 0.898. The summed E-state index contributed by atoms with van der Waals surface area (Å²) in [7, 11) is 2.10. The average Bonchev–Trinajstić information content (AvgIpc) is 2.79. The molecule has 1 aromatic heterocycles. The Morgan fingerprint density at radius 3 is 2.50 bits per heavy atom. The lowest BCUT2D eigenvalue weighted by Crippen LogP contribution is -2.12. The van der Waals surface area contributed by atoms with Crippen molar-refractivity contribution in [3.8, 4) is 0 Å². The normalized spacial score (nSPS) is 11.1. The van der Waals surface area contributed by atoms with Crippen molar-refractivity contribution in [2.75, 3.05) is 0 Å². The highest BCUT2D eigenvalue weighted by atomic mass is 14.9. The summed E-state index contributed by atoms with van der Waals surface area (Å²) < 4.78 is 2.19. The molecule has 0 bridgehead atoms. The molecule has 0 saturated heterocycles. The highest BCUT2D eigenvalue weighted by Crippen LogP contribution is 2.20. The van der Waals surface area contributed by atoms with E-state index in [0.29, 0.717) is 0 Å². The third-order valence-electron chi connectivity index (χ3n) is 3.74. The van der Waals surface area contributed by atoms with Crippen molar-refractivity contribution in [3.05, 3.63) is 71.4 Å². The van der Waals surface area contributed by atoms with Crippen LogP contribution in [0.5, 0.6) is 0 Å². The van der Waals surface area contributed by atoms with Crippen LogP contribution < -0.4 is 5.32 Å². The van der Waals surface area contributed by atoms with Crippen molar-refractivity contribution < 1.29 is 0 Å². The van der Waals surface area contributed by atoms with Crippen LogP contribution in [0.25, 0.3) is 10.9 Å². The Morgan fingerprint density at radius 1 is 0.950 bits per heavy atom. The third kappa shape index (κ3) is 2.61. The number of benzene rings is 2. The monoisotopic (exact) mass is 264 g/mol. The van der Waals surface area contributed by atoms with Gasteiger partial charge in [0.25, 0.3) is 0 Å². The molecule has 0 fully saturated rings. The molecule has 2 aromatic carbocycles. The van der Waals surface area contributed by atoms with Gasteiger partial charge in [0, 0.05) is 37.2 Å². The smallest absolute Gasteiger partial charge is 0.0481 e. The molecule has 0 spiro atoms. The lowest BCUT2D eigenvalue weighted by molar-refractivity contribution is 0.694. The lowest BCUT2D eigenvalue weighted by atomic mass is 10.1. The third-order valence-corrected chi connectivity index (χ3v) is 3.74. The van der Waals surface area contributed by atoms with Gasteiger partial charge in [-0.1, -0.05) is 48.0 Å². The molecule has 0 aliphatic rings. The number of fused-ring (bicyclic) bond motifs is 1. The van der Waals surface area contributed by atoms with Gasteiger partial charge >= 0.3 is 0 Å². The van der Waals surface area contributed by atoms with Gasteiger partial charge in [-0.05, 0) is 24.1 Å². The zero-order valence-corrected chi connectivity index (χ0v) is 12.1. The molecule has 0 unspecified atom stereocenters. The Hall–Kier alpha value is -2.06. The second-order valence-electron chi connectivity index (χ2n) is 5.37. The molecule has 2 heteroatoms. The van der Waals surface area contributed by atoms with Crippen molar-refractivity contribution in [1.82, 2.24) is 9.88 Å². The van der Waals surface area contributed by atoms with Gasteiger partial charge in [-0.15, -0.1) is 0 Å². The standard InChI is InChI=1S/C18H20N2/c1-14-7-9-15(10-8-14)11-19-12-16-13-20(2)18-6-4-3-5-17(16)18/h3-10,13,19H,11-12H2,1-2H3. The molecule has 3 rings (SSSR count). The van der Waals surface area contributed by atoms with E-state index >= 15 is 0 Å². The van der Waals surface area contributed by atoms with Crippen molar-refractivity contribution in [2.24, 2.45) is 7.05 Å². The van der Waals surface area contributed by atoms with E-state index in [1.54, 1.807) is 0 Å². The lowest BCUT2D eigenvalue weighted by Gasteiger charge is -2.04. The average molecular weight is 264 g/mol. The summed E-state index contributed by atoms with van der Waals surface area (Å²) in [5.41, 5.74) is 5.29. The van der Waals surface area contributed by atoms with Gasteiger partial charge in [-0.2, -0.15) is 0 Å². The van der Waals surface area contributed by atoms with E-state index in [1.165, 1.54) is 27.6 Å². The largest absolute Gasteiger partial charge is 0.350 e. The predicted octanol–water partition coefficient (Wildman–Crippen LogP) is 3.78. The molecule has 0 aliphatic carbocycles. The van der Waals surface area contributed by atoms with Crippen LogP contribution in [0.3, 0.4) is 0 Å². The van der Waals surface area contributed by atoms with Crippen molar-refractivity contribution in [2.45, 2.75) is 20.0 Å². The number of hydrogen-bond donors (Lipinski definition) is 1. The summed E-state index contributed by atoms with van der Waals surface area (Å²) in [6, 6.07) is 17.2. The van der Waals surface area contributed by atoms with Crippen molar-refractivity contribution in [3.63, 3.8) is 0 Å². The molecular weight excluding hydrogens is 244 g/mol. The van der Waals surface area contributed by atoms with Crippen LogP contribution in [0.15, 0.2) is 54.7 Å². The molecule has 102 valence electrons. The molecule has 1 N–H and O–H groups in total. The molecule has 2 nitrogen and oxygen atoms in total. The molecule has 3 aromatic rings. The second-order valence-corrected chi connectivity index (χ2v) is 5.37. The fraction of sp³-hybridized carbons (Fsp3) is 0.222. The molecule has 20 heavy (non-hydrogen) atoms. The molecule has 0 saturated carbocycles. The molecule has 0 aliphatic heterocycles. The summed E-state index contributed by atoms with van der Waals surface area (Å²) in [6.07, 6.45) is 2.22. The Bertz CT molecular complexity index is 708. The first kappa shape index (κ1) is 12.9. The first-order valence-corrected chi connectivity index (χ1v) is 7.03. The quantitative estimate of drug-likeness (QED) is 0.759. The first-order chi connectivity index (χ1) is 9.74. The maximum atomic E-state index is 3.53. The van der Waals surface area contributed by atoms with E-state index in [1.807, 2.05) is 0 Å². The van der Waals surface area contributed by atoms with Gasteiger partial charge in [-0.25, -0.2) is 0 Å².